The molecular formula is C11H16ClN3O3S. The third-order valence-corrected chi connectivity index (χ3v) is 3.63. The fraction of sp³-hybridized carbons (Fsp3) is 0.455. The van der Waals surface area contributed by atoms with E-state index in [1.807, 2.05) is 0 Å². The van der Waals surface area contributed by atoms with Crippen molar-refractivity contribution in [2.75, 3.05) is 30.9 Å². The van der Waals surface area contributed by atoms with E-state index in [4.69, 9.17) is 11.6 Å². The van der Waals surface area contributed by atoms with Gasteiger partial charge < -0.3 is 10.6 Å². The zero-order chi connectivity index (χ0) is 14.5. The zero-order valence-corrected chi connectivity index (χ0v) is 12.3. The van der Waals surface area contributed by atoms with E-state index in [0.717, 1.165) is 6.26 Å². The number of nitrogens with one attached hydrogen (secondary N) is 2. The monoisotopic (exact) mass is 305 g/mol. The average molecular weight is 306 g/mol. The summed E-state index contributed by atoms with van der Waals surface area (Å²) in [4.78, 5) is 15.9. The zero-order valence-electron chi connectivity index (χ0n) is 10.7. The number of aromatic nitrogens is 1. The number of rotatable bonds is 6. The Bertz CT molecular complexity index is 560. The summed E-state index contributed by atoms with van der Waals surface area (Å²) in [5.41, 5.74) is 0.118. The van der Waals surface area contributed by atoms with Gasteiger partial charge in [0, 0.05) is 19.8 Å². The van der Waals surface area contributed by atoms with Crippen LogP contribution in [0.1, 0.15) is 16.9 Å². The number of sulfone groups is 1. The van der Waals surface area contributed by atoms with Crippen molar-refractivity contribution < 1.29 is 13.2 Å². The molecule has 0 aromatic carbocycles. The van der Waals surface area contributed by atoms with E-state index >= 15 is 0 Å². The Balaban J connectivity index is 2.58. The van der Waals surface area contributed by atoms with E-state index in [1.54, 1.807) is 19.2 Å². The van der Waals surface area contributed by atoms with E-state index in [-0.39, 0.29) is 23.0 Å². The van der Waals surface area contributed by atoms with Gasteiger partial charge in [0.05, 0.1) is 10.8 Å². The summed E-state index contributed by atoms with van der Waals surface area (Å²) in [6.07, 6.45) is 1.51. The highest BCUT2D eigenvalue weighted by atomic mass is 35.5. The minimum absolute atomic E-state index is 0.0327. The molecule has 0 radical (unpaired) electrons. The lowest BCUT2D eigenvalue weighted by molar-refractivity contribution is 0.0949. The first kappa shape index (κ1) is 15.7. The Labute approximate surface area is 117 Å². The second-order valence-corrected chi connectivity index (χ2v) is 6.68. The molecule has 0 bridgehead atoms. The first-order chi connectivity index (χ1) is 8.83. The van der Waals surface area contributed by atoms with Crippen LogP contribution in [0.3, 0.4) is 0 Å². The van der Waals surface area contributed by atoms with E-state index in [0.29, 0.717) is 12.2 Å². The summed E-state index contributed by atoms with van der Waals surface area (Å²) in [6, 6.07) is 3.23. The van der Waals surface area contributed by atoms with E-state index in [9.17, 15) is 13.2 Å². The molecule has 1 amide bonds. The number of hydrogen-bond acceptors (Lipinski definition) is 5. The fourth-order valence-electron chi connectivity index (χ4n) is 1.36. The molecule has 0 atom stereocenters. The molecule has 0 aliphatic heterocycles. The van der Waals surface area contributed by atoms with Gasteiger partial charge in [-0.3, -0.25) is 4.79 Å². The van der Waals surface area contributed by atoms with Crippen LogP contribution in [0.15, 0.2) is 12.1 Å². The predicted octanol–water partition coefficient (Wildman–Crippen LogP) is 0.941. The van der Waals surface area contributed by atoms with Crippen molar-refractivity contribution in [3.05, 3.63) is 22.8 Å². The van der Waals surface area contributed by atoms with Crippen LogP contribution in [0.4, 0.5) is 5.82 Å². The van der Waals surface area contributed by atoms with Gasteiger partial charge in [0.15, 0.2) is 0 Å². The second-order valence-electron chi connectivity index (χ2n) is 4.02. The molecule has 1 aromatic heterocycles. The molecule has 19 heavy (non-hydrogen) atoms. The van der Waals surface area contributed by atoms with Gasteiger partial charge in [0.2, 0.25) is 0 Å². The molecule has 0 saturated heterocycles. The van der Waals surface area contributed by atoms with Crippen LogP contribution in [0.25, 0.3) is 0 Å². The lowest BCUT2D eigenvalue weighted by atomic mass is 10.3. The van der Waals surface area contributed by atoms with Crippen molar-refractivity contribution in [2.24, 2.45) is 0 Å². The third-order valence-electron chi connectivity index (χ3n) is 2.29. The molecule has 1 heterocycles. The third kappa shape index (κ3) is 5.44. The van der Waals surface area contributed by atoms with Crippen LogP contribution in [0.5, 0.6) is 0 Å². The van der Waals surface area contributed by atoms with E-state index < -0.39 is 15.7 Å². The second kappa shape index (κ2) is 6.72. The molecule has 1 aromatic rings. The van der Waals surface area contributed by atoms with Crippen molar-refractivity contribution in [2.45, 2.75) is 6.42 Å². The van der Waals surface area contributed by atoms with Crippen molar-refractivity contribution >= 4 is 33.2 Å². The molecule has 8 heteroatoms. The smallest absolute Gasteiger partial charge is 0.271 e. The Hall–Kier alpha value is -1.34. The molecule has 1 rings (SSSR count). The normalized spacial score (nSPS) is 11.1. The van der Waals surface area contributed by atoms with Crippen molar-refractivity contribution in [1.29, 1.82) is 0 Å². The minimum Gasteiger partial charge on any atom is -0.373 e. The Morgan fingerprint density at radius 2 is 2.11 bits per heavy atom. The Kier molecular flexibility index (Phi) is 5.56. The molecule has 6 nitrogen and oxygen atoms in total. The number of nitrogens with zero attached hydrogens (tertiary/aromatic N) is 1. The fourth-order valence-corrected chi connectivity index (χ4v) is 2.22. The first-order valence-electron chi connectivity index (χ1n) is 5.63. The standard InChI is InChI=1S/C11H16ClN3O3S/c1-13-9-5-4-8(12)10(15-9)11(16)14-6-3-7-19(2,17)18/h4-5H,3,6-7H2,1-2H3,(H,13,15)(H,14,16). The summed E-state index contributed by atoms with van der Waals surface area (Å²) in [6.45, 7) is 0.258. The van der Waals surface area contributed by atoms with Gasteiger partial charge in [-0.25, -0.2) is 13.4 Å². The molecule has 0 aliphatic carbocycles. The number of pyridine rings is 1. The van der Waals surface area contributed by atoms with Gasteiger partial charge in [-0.05, 0) is 18.6 Å². The van der Waals surface area contributed by atoms with Gasteiger partial charge in [-0.2, -0.15) is 0 Å². The van der Waals surface area contributed by atoms with E-state index in [1.165, 1.54) is 0 Å². The topological polar surface area (TPSA) is 88.2 Å². The van der Waals surface area contributed by atoms with Crippen LogP contribution in [0.2, 0.25) is 5.02 Å². The number of halogens is 1. The maximum Gasteiger partial charge on any atom is 0.271 e. The highest BCUT2D eigenvalue weighted by Crippen LogP contribution is 2.16. The SMILES string of the molecule is CNc1ccc(Cl)c(C(=O)NCCCS(C)(=O)=O)n1. The molecular weight excluding hydrogens is 290 g/mol. The van der Waals surface area contributed by atoms with Crippen molar-refractivity contribution in [3.8, 4) is 0 Å². The van der Waals surface area contributed by atoms with Crippen molar-refractivity contribution in [3.63, 3.8) is 0 Å². The lowest BCUT2D eigenvalue weighted by Crippen LogP contribution is -2.27. The number of carbonyl (C=O) groups is 1. The molecule has 0 aliphatic rings. The molecule has 106 valence electrons. The van der Waals surface area contributed by atoms with Gasteiger partial charge >= 0.3 is 0 Å². The summed E-state index contributed by atoms with van der Waals surface area (Å²) in [5, 5.41) is 5.64. The number of carbonyl (C=O) groups excluding carboxylic acids is 1. The number of anilines is 1. The van der Waals surface area contributed by atoms with Crippen LogP contribution >= 0.6 is 11.6 Å². The molecule has 0 unspecified atom stereocenters. The number of amides is 1. The summed E-state index contributed by atoms with van der Waals surface area (Å²) in [7, 11) is -1.32. The van der Waals surface area contributed by atoms with Gasteiger partial charge in [-0.15, -0.1) is 0 Å². The largest absolute Gasteiger partial charge is 0.373 e. The van der Waals surface area contributed by atoms with Gasteiger partial charge in [0.1, 0.15) is 21.3 Å². The molecule has 0 saturated carbocycles. The minimum atomic E-state index is -3.01. The summed E-state index contributed by atoms with van der Waals surface area (Å²) >= 11 is 5.89. The van der Waals surface area contributed by atoms with Gasteiger partial charge in [-0.1, -0.05) is 11.6 Å². The maximum absolute atomic E-state index is 11.8. The average Bonchev–Trinajstić information content (AvgIpc) is 2.34. The van der Waals surface area contributed by atoms with Crippen LogP contribution in [0, 0.1) is 0 Å². The first-order valence-corrected chi connectivity index (χ1v) is 8.07. The lowest BCUT2D eigenvalue weighted by Gasteiger charge is -2.07. The quantitative estimate of drug-likeness (QED) is 0.764. The summed E-state index contributed by atoms with van der Waals surface area (Å²) < 4.78 is 21.9. The number of hydrogen-bond donors (Lipinski definition) is 2. The Morgan fingerprint density at radius 1 is 1.42 bits per heavy atom. The van der Waals surface area contributed by atoms with E-state index in [2.05, 4.69) is 15.6 Å². The maximum atomic E-state index is 11.8. The van der Waals surface area contributed by atoms with Crippen LogP contribution < -0.4 is 10.6 Å². The van der Waals surface area contributed by atoms with Crippen molar-refractivity contribution in [1.82, 2.24) is 10.3 Å². The molecule has 0 fully saturated rings. The highest BCUT2D eigenvalue weighted by Gasteiger charge is 2.12. The predicted molar refractivity (Wildman–Crippen MR) is 75.5 cm³/mol. The summed E-state index contributed by atoms with van der Waals surface area (Å²) in [5.74, 6) is 0.145. The highest BCUT2D eigenvalue weighted by molar-refractivity contribution is 7.90. The Morgan fingerprint density at radius 3 is 2.68 bits per heavy atom. The van der Waals surface area contributed by atoms with Gasteiger partial charge in [0.25, 0.3) is 5.91 Å². The molecule has 2 N–H and O–H groups in total. The molecule has 0 spiro atoms. The van der Waals surface area contributed by atoms with Crippen LogP contribution in [-0.2, 0) is 9.84 Å². The van der Waals surface area contributed by atoms with Crippen LogP contribution in [-0.4, -0.2) is 44.9 Å².